The molecule has 2 aromatic heterocycles. The molecule has 0 saturated carbocycles. The van der Waals surface area contributed by atoms with Gasteiger partial charge in [-0.1, -0.05) is 170 Å². The van der Waals surface area contributed by atoms with Gasteiger partial charge in [-0.25, -0.2) is 0 Å². The van der Waals surface area contributed by atoms with E-state index in [4.69, 9.17) is 8.83 Å². The van der Waals surface area contributed by atoms with E-state index in [0.29, 0.717) is 0 Å². The van der Waals surface area contributed by atoms with Gasteiger partial charge in [-0.3, -0.25) is 0 Å². The van der Waals surface area contributed by atoms with Crippen LogP contribution in [0.3, 0.4) is 0 Å². The maximum Gasteiger partial charge on any atom is 0.136 e. The predicted octanol–water partition coefficient (Wildman–Crippen LogP) is 16.8. The van der Waals surface area contributed by atoms with Crippen LogP contribution in [0.4, 0.5) is 0 Å². The third-order valence-electron chi connectivity index (χ3n) is 12.6. The molecule has 0 amide bonds. The van der Waals surface area contributed by atoms with Crippen LogP contribution in [-0.2, 0) is 0 Å². The average Bonchev–Trinajstić information content (AvgIpc) is 3.88. The number of fused-ring (bicyclic) bond motifs is 10. The minimum absolute atomic E-state index is 0.872. The van der Waals surface area contributed by atoms with Gasteiger partial charge >= 0.3 is 0 Å². The summed E-state index contributed by atoms with van der Waals surface area (Å²) >= 11 is 0. The van der Waals surface area contributed by atoms with E-state index in [-0.39, 0.29) is 0 Å². The molecule has 0 N–H and O–H groups in total. The molecule has 278 valence electrons. The quantitative estimate of drug-likeness (QED) is 0.167. The zero-order chi connectivity index (χ0) is 39.3. The van der Waals surface area contributed by atoms with Crippen molar-refractivity contribution >= 4 is 87.0 Å². The van der Waals surface area contributed by atoms with Crippen molar-refractivity contribution in [2.75, 3.05) is 0 Å². The Morgan fingerprint density at radius 2 is 0.600 bits per heavy atom. The summed E-state index contributed by atoms with van der Waals surface area (Å²) in [6, 6.07) is 74.4. The van der Waals surface area contributed by atoms with Crippen molar-refractivity contribution in [2.24, 2.45) is 0 Å². The van der Waals surface area contributed by atoms with Crippen LogP contribution in [0.25, 0.3) is 131 Å². The summed E-state index contributed by atoms with van der Waals surface area (Å²) in [7, 11) is 0. The van der Waals surface area contributed by atoms with Gasteiger partial charge in [-0.05, 0) is 124 Å². The van der Waals surface area contributed by atoms with Gasteiger partial charge in [-0.2, -0.15) is 0 Å². The largest absolute Gasteiger partial charge is 0.456 e. The Hall–Kier alpha value is -7.94. The second-order valence-corrected chi connectivity index (χ2v) is 15.8. The van der Waals surface area contributed by atoms with Gasteiger partial charge in [0, 0.05) is 21.5 Å². The van der Waals surface area contributed by atoms with Gasteiger partial charge in [0.1, 0.15) is 22.3 Å². The molecule has 0 atom stereocenters. The molecule has 2 nitrogen and oxygen atoms in total. The average molecular weight is 763 g/mol. The molecule has 2 heterocycles. The lowest BCUT2D eigenvalue weighted by atomic mass is 9.84. The Bertz CT molecular complexity index is 3770. The van der Waals surface area contributed by atoms with E-state index < -0.39 is 0 Å². The minimum Gasteiger partial charge on any atom is -0.456 e. The fourth-order valence-corrected chi connectivity index (χ4v) is 10.2. The van der Waals surface area contributed by atoms with Gasteiger partial charge < -0.3 is 8.83 Å². The molecule has 60 heavy (non-hydrogen) atoms. The van der Waals surface area contributed by atoms with Crippen LogP contribution in [0.5, 0.6) is 0 Å². The SMILES string of the molecule is c1ccc(-c2c3ccccc3c(-c3cccc4oc5cc(-c6c7ccccc7c(-c7ccc8c(c7)oc7ccccc78)c7ccccc67)ccc5c34)c3ccccc23)cc1. The van der Waals surface area contributed by atoms with E-state index in [9.17, 15) is 0 Å². The molecule has 2 heteroatoms. The van der Waals surface area contributed by atoms with E-state index in [1.807, 2.05) is 12.1 Å². The Balaban J connectivity index is 1.04. The van der Waals surface area contributed by atoms with Crippen molar-refractivity contribution in [2.45, 2.75) is 0 Å². The van der Waals surface area contributed by atoms with Crippen LogP contribution >= 0.6 is 0 Å². The van der Waals surface area contributed by atoms with Crippen molar-refractivity contribution in [3.63, 3.8) is 0 Å². The standard InChI is InChI=1S/C58H34O2/c1-2-15-35(16-3-1)54-44-22-8-10-24-46(44)57(47-25-11-9-23-45(47)54)49-26-14-28-51-58(49)48-32-30-37(34-53(48)60-51)56-42-20-6-4-18-40(42)55(41-19-5-7-21-43(41)56)36-29-31-39-38-17-12-13-27-50(38)59-52(39)33-36/h1-34H. The molecule has 0 aliphatic rings. The lowest BCUT2D eigenvalue weighted by Crippen LogP contribution is -1.91. The lowest BCUT2D eigenvalue weighted by molar-refractivity contribution is 0.668. The molecule has 0 aliphatic carbocycles. The summed E-state index contributed by atoms with van der Waals surface area (Å²) in [5.74, 6) is 0. The van der Waals surface area contributed by atoms with Crippen molar-refractivity contribution in [3.05, 3.63) is 206 Å². The van der Waals surface area contributed by atoms with Crippen LogP contribution in [-0.4, -0.2) is 0 Å². The summed E-state index contributed by atoms with van der Waals surface area (Å²) in [6.45, 7) is 0. The zero-order valence-corrected chi connectivity index (χ0v) is 32.4. The van der Waals surface area contributed by atoms with E-state index >= 15 is 0 Å². The van der Waals surface area contributed by atoms with E-state index in [0.717, 1.165) is 55.0 Å². The third-order valence-corrected chi connectivity index (χ3v) is 12.6. The topological polar surface area (TPSA) is 26.3 Å². The lowest BCUT2D eigenvalue weighted by Gasteiger charge is -2.18. The number of benzene rings is 11. The second-order valence-electron chi connectivity index (χ2n) is 15.8. The molecule has 0 fully saturated rings. The van der Waals surface area contributed by atoms with Gasteiger partial charge in [0.25, 0.3) is 0 Å². The van der Waals surface area contributed by atoms with Crippen LogP contribution in [0.15, 0.2) is 215 Å². The highest BCUT2D eigenvalue weighted by atomic mass is 16.3. The van der Waals surface area contributed by atoms with Crippen LogP contribution in [0, 0.1) is 0 Å². The number of hydrogen-bond acceptors (Lipinski definition) is 2. The Labute approximate surface area is 345 Å². The second kappa shape index (κ2) is 12.8. The molecule has 13 aromatic rings. The van der Waals surface area contributed by atoms with Crippen molar-refractivity contribution in [1.29, 1.82) is 0 Å². The Kier molecular flexibility index (Phi) is 7.05. The highest BCUT2D eigenvalue weighted by Crippen LogP contribution is 2.49. The summed E-state index contributed by atoms with van der Waals surface area (Å²) in [6.07, 6.45) is 0. The highest BCUT2D eigenvalue weighted by Gasteiger charge is 2.22. The van der Waals surface area contributed by atoms with Gasteiger partial charge in [0.05, 0.1) is 0 Å². The fraction of sp³-hybridized carbons (Fsp3) is 0. The molecule has 0 saturated heterocycles. The van der Waals surface area contributed by atoms with E-state index in [1.165, 1.54) is 76.5 Å². The van der Waals surface area contributed by atoms with E-state index in [2.05, 4.69) is 194 Å². The van der Waals surface area contributed by atoms with Crippen LogP contribution < -0.4 is 0 Å². The van der Waals surface area contributed by atoms with Gasteiger partial charge in [0.2, 0.25) is 0 Å². The third kappa shape index (κ3) is 4.76. The molecular weight excluding hydrogens is 729 g/mol. The van der Waals surface area contributed by atoms with Crippen molar-refractivity contribution < 1.29 is 8.83 Å². The summed E-state index contributed by atoms with van der Waals surface area (Å²) in [5.41, 5.74) is 13.1. The molecule has 0 radical (unpaired) electrons. The highest BCUT2D eigenvalue weighted by molar-refractivity contribution is 6.27. The smallest absolute Gasteiger partial charge is 0.136 e. The maximum absolute atomic E-state index is 6.87. The summed E-state index contributed by atoms with van der Waals surface area (Å²) in [5, 5.41) is 14.2. The Morgan fingerprint density at radius 3 is 1.15 bits per heavy atom. The first kappa shape index (κ1) is 33.1. The zero-order valence-electron chi connectivity index (χ0n) is 32.4. The fourth-order valence-electron chi connectivity index (χ4n) is 10.2. The Morgan fingerprint density at radius 1 is 0.217 bits per heavy atom. The summed E-state index contributed by atoms with van der Waals surface area (Å²) in [4.78, 5) is 0. The van der Waals surface area contributed by atoms with Crippen molar-refractivity contribution in [1.82, 2.24) is 0 Å². The molecule has 11 aromatic carbocycles. The number of hydrogen-bond donors (Lipinski definition) is 0. The van der Waals surface area contributed by atoms with Crippen LogP contribution in [0.2, 0.25) is 0 Å². The predicted molar refractivity (Wildman–Crippen MR) is 253 cm³/mol. The van der Waals surface area contributed by atoms with Crippen molar-refractivity contribution in [3.8, 4) is 44.5 Å². The first-order valence-electron chi connectivity index (χ1n) is 20.6. The van der Waals surface area contributed by atoms with E-state index in [1.54, 1.807) is 0 Å². The monoisotopic (exact) mass is 762 g/mol. The number of furan rings is 2. The minimum atomic E-state index is 0.872. The van der Waals surface area contributed by atoms with Gasteiger partial charge in [-0.15, -0.1) is 0 Å². The molecule has 13 rings (SSSR count). The molecule has 0 bridgehead atoms. The number of rotatable bonds is 4. The molecular formula is C58H34O2. The first-order chi connectivity index (χ1) is 29.8. The molecule has 0 aliphatic heterocycles. The summed E-state index contributed by atoms with van der Waals surface area (Å²) < 4.78 is 13.3. The maximum atomic E-state index is 6.87. The van der Waals surface area contributed by atoms with Crippen LogP contribution in [0.1, 0.15) is 0 Å². The normalized spacial score (nSPS) is 12.0. The van der Waals surface area contributed by atoms with Gasteiger partial charge in [0.15, 0.2) is 0 Å². The molecule has 0 unspecified atom stereocenters. The first-order valence-corrected chi connectivity index (χ1v) is 20.6. The molecule has 0 spiro atoms. The number of para-hydroxylation sites is 1.